The van der Waals surface area contributed by atoms with Crippen LogP contribution < -0.4 is 20.3 Å². The Morgan fingerprint density at radius 3 is 1.49 bits per heavy atom. The van der Waals surface area contributed by atoms with E-state index in [9.17, 15) is 8.42 Å². The molecule has 7 rings (SSSR count). The zero-order valence-corrected chi connectivity index (χ0v) is 30.7. The summed E-state index contributed by atoms with van der Waals surface area (Å²) in [5, 5.41) is 1.94. The second-order valence-corrected chi connectivity index (χ2v) is 14.8. The van der Waals surface area contributed by atoms with Crippen molar-refractivity contribution in [2.75, 3.05) is 36.0 Å². The van der Waals surface area contributed by atoms with Crippen molar-refractivity contribution in [3.63, 3.8) is 0 Å². The highest BCUT2D eigenvalue weighted by Gasteiger charge is 2.22. The van der Waals surface area contributed by atoms with Crippen LogP contribution in [0.25, 0.3) is 0 Å². The molecule has 0 bridgehead atoms. The first kappa shape index (κ1) is 37.0. The molecule has 0 unspecified atom stereocenters. The number of hydrogen-bond acceptors (Lipinski definition) is 5. The molecular weight excluding hydrogens is 718 g/mol. The van der Waals surface area contributed by atoms with Crippen LogP contribution in [0.1, 0.15) is 22.3 Å². The fourth-order valence-corrected chi connectivity index (χ4v) is 7.85. The third kappa shape index (κ3) is 8.73. The van der Waals surface area contributed by atoms with E-state index >= 15 is 0 Å². The van der Waals surface area contributed by atoms with Crippen molar-refractivity contribution >= 4 is 80.0 Å². The van der Waals surface area contributed by atoms with Gasteiger partial charge in [-0.15, -0.1) is 12.4 Å². The smallest absolute Gasteiger partial charge is 0.240 e. The predicted octanol–water partition coefficient (Wildman–Crippen LogP) is 9.17. The summed E-state index contributed by atoms with van der Waals surface area (Å²) in [7, 11) is -3.61. The van der Waals surface area contributed by atoms with Crippen LogP contribution in [0.4, 0.5) is 22.7 Å². The minimum Gasteiger partial charge on any atom is -0.340 e. The van der Waals surface area contributed by atoms with E-state index < -0.39 is 10.0 Å². The van der Waals surface area contributed by atoms with Crippen molar-refractivity contribution in [3.05, 3.63) is 147 Å². The second-order valence-electron chi connectivity index (χ2n) is 11.7. The Hall–Kier alpha value is -3.27. The number of benzene rings is 5. The molecule has 0 fully saturated rings. The van der Waals surface area contributed by atoms with Gasteiger partial charge in [-0.3, -0.25) is 0 Å². The quantitative estimate of drug-likeness (QED) is 0.173. The molecule has 0 spiro atoms. The molecule has 0 aliphatic carbocycles. The molecule has 2 heterocycles. The summed E-state index contributed by atoms with van der Waals surface area (Å²) < 4.78 is 27.9. The number of rotatable bonds is 7. The van der Waals surface area contributed by atoms with Crippen LogP contribution in [-0.2, 0) is 35.7 Å². The summed E-state index contributed by atoms with van der Waals surface area (Å²) in [5.74, 6) is 0. The topological polar surface area (TPSA) is 78.7 Å². The van der Waals surface area contributed by atoms with Gasteiger partial charge >= 0.3 is 0 Å². The first-order chi connectivity index (χ1) is 23.2. The van der Waals surface area contributed by atoms with Crippen molar-refractivity contribution in [2.45, 2.75) is 30.6 Å². The maximum Gasteiger partial charge on any atom is 0.240 e. The number of sulfonamides is 1. The van der Waals surface area contributed by atoms with Gasteiger partial charge in [0, 0.05) is 64.0 Å². The van der Waals surface area contributed by atoms with E-state index in [1.165, 1.54) is 45.8 Å². The van der Waals surface area contributed by atoms with Gasteiger partial charge in [-0.25, -0.2) is 13.1 Å². The van der Waals surface area contributed by atoms with Crippen LogP contribution in [-0.4, -0.2) is 34.6 Å². The summed E-state index contributed by atoms with van der Waals surface area (Å²) in [5.41, 5.74) is 15.5. The molecule has 2 aliphatic heterocycles. The number of nitrogens with zero attached hydrogens (tertiary/aromatic N) is 2. The summed E-state index contributed by atoms with van der Waals surface area (Å²) >= 11 is 18.3. The van der Waals surface area contributed by atoms with Crippen LogP contribution >= 0.6 is 47.2 Å². The second kappa shape index (κ2) is 16.6. The molecule has 0 saturated carbocycles. The van der Waals surface area contributed by atoms with Gasteiger partial charge in [0.1, 0.15) is 0 Å². The molecule has 0 aromatic heterocycles. The lowest BCUT2D eigenvalue weighted by Crippen LogP contribution is -2.33. The van der Waals surface area contributed by atoms with Gasteiger partial charge in [-0.1, -0.05) is 83.3 Å². The van der Waals surface area contributed by atoms with Gasteiger partial charge in [0.15, 0.2) is 0 Å². The first-order valence-corrected chi connectivity index (χ1v) is 18.6. The molecule has 0 saturated heterocycles. The molecule has 256 valence electrons. The number of halogens is 4. The molecule has 11 heteroatoms. The molecule has 2 aliphatic rings. The van der Waals surface area contributed by atoms with Crippen molar-refractivity contribution in [1.82, 2.24) is 4.72 Å². The average Bonchev–Trinajstić information content (AvgIpc) is 3.33. The molecular formula is C38H38Cl4N4O2S. The number of para-hydroxylation sites is 2. The minimum absolute atomic E-state index is 0. The van der Waals surface area contributed by atoms with Crippen LogP contribution in [0.3, 0.4) is 0 Å². The number of nitrogens with two attached hydrogens (primary N) is 1. The summed E-state index contributed by atoms with van der Waals surface area (Å²) in [6.45, 7) is 2.17. The lowest BCUT2D eigenvalue weighted by atomic mass is 10.0. The van der Waals surface area contributed by atoms with Gasteiger partial charge in [-0.05, 0) is 109 Å². The summed E-state index contributed by atoms with van der Waals surface area (Å²) in [6, 6.07) is 35.0. The summed E-state index contributed by atoms with van der Waals surface area (Å²) in [4.78, 5) is 4.64. The normalized spacial score (nSPS) is 13.3. The van der Waals surface area contributed by atoms with Crippen LogP contribution in [0.15, 0.2) is 114 Å². The van der Waals surface area contributed by atoms with Gasteiger partial charge in [-0.2, -0.15) is 0 Å². The van der Waals surface area contributed by atoms with E-state index in [0.717, 1.165) is 48.6 Å². The van der Waals surface area contributed by atoms with Crippen LogP contribution in [0.5, 0.6) is 0 Å². The zero-order valence-electron chi connectivity index (χ0n) is 26.8. The Morgan fingerprint density at radius 2 is 1.00 bits per heavy atom. The Balaban J connectivity index is 0.000000203. The third-order valence-corrected chi connectivity index (χ3v) is 10.9. The molecule has 0 amide bonds. The van der Waals surface area contributed by atoms with E-state index in [4.69, 9.17) is 40.5 Å². The molecule has 5 aromatic carbocycles. The standard InChI is InChI=1S/C22H20Cl2N2O2S.C16H17ClN2.ClH/c23-18-9-11-20(12-10-18)29(27,28)25-13-14-26-21-4-2-1-3-16(21)5-6-17-7-8-19(24)15-22(17)26;17-14-8-7-13-6-5-12-3-1-2-4-15(12)19(10-9-18)16(13)11-14;/h1-4,7-12,15,25H,5-6,13-14H2;1-4,7-8,11H,5-6,9-10,18H2;1H. The fraction of sp³-hybridized carbons (Fsp3) is 0.211. The Bertz CT molecular complexity index is 2010. The SMILES string of the molecule is Cl.NCCN1c2ccccc2CCc2ccc(Cl)cc21.O=S(=O)(NCCN1c2ccccc2CCc2ccc(Cl)cc21)c1ccc(Cl)cc1. The average molecular weight is 757 g/mol. The van der Waals surface area contributed by atoms with Gasteiger partial charge < -0.3 is 15.5 Å². The van der Waals surface area contributed by atoms with Crippen LogP contribution in [0, 0.1) is 0 Å². The first-order valence-electron chi connectivity index (χ1n) is 16.0. The highest BCUT2D eigenvalue weighted by atomic mass is 35.5. The lowest BCUT2D eigenvalue weighted by molar-refractivity contribution is 0.582. The minimum atomic E-state index is -3.61. The van der Waals surface area contributed by atoms with Crippen LogP contribution in [0.2, 0.25) is 15.1 Å². The number of hydrogen-bond donors (Lipinski definition) is 2. The Labute approximate surface area is 310 Å². The molecule has 49 heavy (non-hydrogen) atoms. The van der Waals surface area contributed by atoms with E-state index in [0.29, 0.717) is 23.1 Å². The van der Waals surface area contributed by atoms with E-state index in [1.807, 2.05) is 30.3 Å². The molecule has 6 nitrogen and oxygen atoms in total. The third-order valence-electron chi connectivity index (χ3n) is 8.67. The number of fused-ring (bicyclic) bond motifs is 4. The molecule has 0 radical (unpaired) electrons. The summed E-state index contributed by atoms with van der Waals surface area (Å²) in [6.07, 6.45) is 3.95. The van der Waals surface area contributed by atoms with E-state index in [-0.39, 0.29) is 23.8 Å². The Morgan fingerprint density at radius 1 is 0.571 bits per heavy atom. The van der Waals surface area contributed by atoms with E-state index in [1.54, 1.807) is 12.1 Å². The van der Waals surface area contributed by atoms with Gasteiger partial charge in [0.2, 0.25) is 10.0 Å². The van der Waals surface area contributed by atoms with E-state index in [2.05, 4.69) is 69.1 Å². The van der Waals surface area contributed by atoms with Crippen molar-refractivity contribution in [3.8, 4) is 0 Å². The van der Waals surface area contributed by atoms with Crippen molar-refractivity contribution < 1.29 is 8.42 Å². The number of aryl methyl sites for hydroxylation is 4. The predicted molar refractivity (Wildman–Crippen MR) is 208 cm³/mol. The largest absolute Gasteiger partial charge is 0.340 e. The number of nitrogens with one attached hydrogen (secondary N) is 1. The Kier molecular flexibility index (Phi) is 12.6. The highest BCUT2D eigenvalue weighted by Crippen LogP contribution is 2.38. The van der Waals surface area contributed by atoms with Crippen molar-refractivity contribution in [2.24, 2.45) is 5.73 Å². The molecule has 0 atom stereocenters. The monoisotopic (exact) mass is 754 g/mol. The fourth-order valence-electron chi connectivity index (χ4n) is 6.37. The lowest BCUT2D eigenvalue weighted by Gasteiger charge is -2.27. The molecule has 3 N–H and O–H groups in total. The zero-order chi connectivity index (χ0) is 33.7. The molecule has 5 aromatic rings. The van der Waals surface area contributed by atoms with Gasteiger partial charge in [0.25, 0.3) is 0 Å². The number of anilines is 4. The maximum atomic E-state index is 12.6. The highest BCUT2D eigenvalue weighted by molar-refractivity contribution is 7.89. The maximum absolute atomic E-state index is 12.6. The van der Waals surface area contributed by atoms with Crippen molar-refractivity contribution in [1.29, 1.82) is 0 Å². The van der Waals surface area contributed by atoms with Gasteiger partial charge in [0.05, 0.1) is 4.90 Å².